The van der Waals surface area contributed by atoms with Gasteiger partial charge in [-0.1, -0.05) is 42.1 Å². The lowest BCUT2D eigenvalue weighted by Gasteiger charge is -2.14. The maximum Gasteiger partial charge on any atom is 0.326 e. The predicted molar refractivity (Wildman–Crippen MR) is 86.5 cm³/mol. The van der Waals surface area contributed by atoms with E-state index in [9.17, 15) is 14.4 Å². The van der Waals surface area contributed by atoms with Crippen molar-refractivity contribution in [3.8, 4) is 0 Å². The van der Waals surface area contributed by atoms with Gasteiger partial charge in [-0.25, -0.2) is 5.43 Å². The second kappa shape index (κ2) is 8.33. The van der Waals surface area contributed by atoms with E-state index in [1.54, 1.807) is 6.92 Å². The van der Waals surface area contributed by atoms with Gasteiger partial charge in [0.2, 0.25) is 11.8 Å². The third kappa shape index (κ3) is 5.10. The number of nitrogens with zero attached hydrogens (tertiary/aromatic N) is 2. The molecule has 0 aliphatic carbocycles. The van der Waals surface area contributed by atoms with Gasteiger partial charge < -0.3 is 4.74 Å². The highest BCUT2D eigenvalue weighted by Gasteiger charge is 2.30. The van der Waals surface area contributed by atoms with Crippen molar-refractivity contribution in [2.75, 3.05) is 18.9 Å². The summed E-state index contributed by atoms with van der Waals surface area (Å²) in [4.78, 5) is 36.3. The van der Waals surface area contributed by atoms with E-state index >= 15 is 0 Å². The summed E-state index contributed by atoms with van der Waals surface area (Å²) in [5, 5.41) is 4.24. The molecule has 1 aliphatic heterocycles. The summed E-state index contributed by atoms with van der Waals surface area (Å²) in [7, 11) is 0. The van der Waals surface area contributed by atoms with Crippen LogP contribution >= 0.6 is 11.8 Å². The quantitative estimate of drug-likeness (QED) is 0.612. The average Bonchev–Trinajstić information content (AvgIpc) is 2.87. The van der Waals surface area contributed by atoms with Crippen LogP contribution in [0.15, 0.2) is 35.4 Å². The first kappa shape index (κ1) is 17.0. The maximum absolute atomic E-state index is 11.9. The summed E-state index contributed by atoms with van der Waals surface area (Å²) >= 11 is 1.17. The molecule has 23 heavy (non-hydrogen) atoms. The second-order valence-corrected chi connectivity index (χ2v) is 5.61. The summed E-state index contributed by atoms with van der Waals surface area (Å²) < 4.78 is 4.82. The summed E-state index contributed by atoms with van der Waals surface area (Å²) in [6, 6.07) is 9.25. The van der Waals surface area contributed by atoms with Crippen LogP contribution in [-0.4, -0.2) is 46.8 Å². The molecule has 0 radical (unpaired) electrons. The molecule has 1 aromatic rings. The minimum atomic E-state index is -0.508. The Morgan fingerprint density at radius 1 is 1.35 bits per heavy atom. The lowest BCUT2D eigenvalue weighted by Crippen LogP contribution is -2.36. The van der Waals surface area contributed by atoms with Crippen LogP contribution in [0.1, 0.15) is 12.5 Å². The normalized spacial score (nSPS) is 15.8. The number of benzene rings is 1. The van der Waals surface area contributed by atoms with Crippen molar-refractivity contribution >= 4 is 34.7 Å². The van der Waals surface area contributed by atoms with Crippen molar-refractivity contribution in [2.24, 2.45) is 5.10 Å². The van der Waals surface area contributed by atoms with Gasteiger partial charge in [-0.2, -0.15) is 0 Å². The summed E-state index contributed by atoms with van der Waals surface area (Å²) in [5.74, 6) is -0.849. The first-order chi connectivity index (χ1) is 11.1. The van der Waals surface area contributed by atoms with Crippen LogP contribution in [0.5, 0.6) is 0 Å². The highest BCUT2D eigenvalue weighted by Crippen LogP contribution is 2.18. The Labute approximate surface area is 138 Å². The molecular formula is C15H17N3O4S. The zero-order valence-corrected chi connectivity index (χ0v) is 13.5. The minimum Gasteiger partial charge on any atom is -0.465 e. The van der Waals surface area contributed by atoms with Crippen molar-refractivity contribution in [1.29, 1.82) is 0 Å². The molecule has 1 saturated heterocycles. The van der Waals surface area contributed by atoms with Gasteiger partial charge in [-0.15, -0.1) is 5.10 Å². The fraction of sp³-hybridized carbons (Fsp3) is 0.333. The van der Waals surface area contributed by atoms with Crippen molar-refractivity contribution in [3.05, 3.63) is 35.9 Å². The van der Waals surface area contributed by atoms with Crippen molar-refractivity contribution in [3.63, 3.8) is 0 Å². The molecule has 0 spiro atoms. The topological polar surface area (TPSA) is 88.1 Å². The molecule has 1 aliphatic rings. The number of amidine groups is 1. The van der Waals surface area contributed by atoms with Crippen LogP contribution in [-0.2, 0) is 25.5 Å². The molecule has 1 aromatic carbocycles. The van der Waals surface area contributed by atoms with Crippen molar-refractivity contribution in [1.82, 2.24) is 10.3 Å². The molecule has 1 fully saturated rings. The Morgan fingerprint density at radius 3 is 2.78 bits per heavy atom. The van der Waals surface area contributed by atoms with E-state index < -0.39 is 5.97 Å². The molecule has 2 rings (SSSR count). The third-order valence-corrected chi connectivity index (χ3v) is 3.89. The monoisotopic (exact) mass is 335 g/mol. The van der Waals surface area contributed by atoms with E-state index in [0.29, 0.717) is 5.17 Å². The van der Waals surface area contributed by atoms with Gasteiger partial charge >= 0.3 is 5.97 Å². The number of esters is 1. The van der Waals surface area contributed by atoms with E-state index in [4.69, 9.17) is 4.74 Å². The third-order valence-electron chi connectivity index (χ3n) is 2.93. The van der Waals surface area contributed by atoms with E-state index in [0.717, 1.165) is 5.56 Å². The molecule has 0 saturated carbocycles. The number of amides is 2. The van der Waals surface area contributed by atoms with Crippen LogP contribution in [0.3, 0.4) is 0 Å². The molecule has 0 atom stereocenters. The van der Waals surface area contributed by atoms with Crippen LogP contribution in [0, 0.1) is 0 Å². The number of thioether (sulfide) groups is 1. The number of nitrogens with one attached hydrogen (secondary N) is 1. The Bertz CT molecular complexity index is 618. The Morgan fingerprint density at radius 2 is 2.09 bits per heavy atom. The molecule has 0 aromatic heterocycles. The van der Waals surface area contributed by atoms with E-state index in [1.165, 1.54) is 16.7 Å². The molecule has 8 heteroatoms. The van der Waals surface area contributed by atoms with Gasteiger partial charge in [0.25, 0.3) is 0 Å². The summed E-state index contributed by atoms with van der Waals surface area (Å²) in [5.41, 5.74) is 3.28. The molecule has 7 nitrogen and oxygen atoms in total. The number of hydrogen-bond acceptors (Lipinski definition) is 6. The fourth-order valence-electron chi connectivity index (χ4n) is 1.90. The number of carbonyl (C=O) groups is 3. The molecule has 1 N–H and O–H groups in total. The Kier molecular flexibility index (Phi) is 6.16. The average molecular weight is 335 g/mol. The lowest BCUT2D eigenvalue weighted by atomic mass is 10.1. The summed E-state index contributed by atoms with van der Waals surface area (Å²) in [6.07, 6.45) is 0.189. The molecule has 122 valence electrons. The molecule has 0 bridgehead atoms. The van der Waals surface area contributed by atoms with Gasteiger partial charge in [-0.05, 0) is 12.5 Å². The standard InChI is InChI=1S/C15H17N3O4S/c1-2-22-14(21)9-18-13(20)10-23-15(18)17-16-12(19)8-11-6-4-3-5-7-11/h3-7H,2,8-10H2,1H3,(H,16,19). The van der Waals surface area contributed by atoms with Gasteiger partial charge in [0.15, 0.2) is 5.17 Å². The molecule has 0 unspecified atom stereocenters. The maximum atomic E-state index is 11.9. The van der Waals surface area contributed by atoms with Crippen LogP contribution in [0.2, 0.25) is 0 Å². The van der Waals surface area contributed by atoms with Crippen molar-refractivity contribution < 1.29 is 19.1 Å². The van der Waals surface area contributed by atoms with Crippen LogP contribution in [0.25, 0.3) is 0 Å². The number of rotatable bonds is 6. The van der Waals surface area contributed by atoms with Gasteiger partial charge in [0.1, 0.15) is 6.54 Å². The molecule has 2 amide bonds. The largest absolute Gasteiger partial charge is 0.465 e. The first-order valence-corrected chi connectivity index (χ1v) is 8.08. The van der Waals surface area contributed by atoms with Crippen LogP contribution in [0.4, 0.5) is 0 Å². The van der Waals surface area contributed by atoms with Gasteiger partial charge in [-0.3, -0.25) is 19.3 Å². The Hall–Kier alpha value is -2.35. The highest BCUT2D eigenvalue weighted by molar-refractivity contribution is 8.15. The number of hydrazone groups is 1. The zero-order valence-electron chi connectivity index (χ0n) is 12.7. The van der Waals surface area contributed by atoms with Crippen molar-refractivity contribution in [2.45, 2.75) is 13.3 Å². The number of hydrogen-bond donors (Lipinski definition) is 1. The van der Waals surface area contributed by atoms with Crippen LogP contribution < -0.4 is 5.43 Å². The second-order valence-electron chi connectivity index (χ2n) is 4.67. The zero-order chi connectivity index (χ0) is 16.7. The van der Waals surface area contributed by atoms with E-state index in [2.05, 4.69) is 10.5 Å². The SMILES string of the molecule is CCOC(=O)CN1C(=O)CSC1=NNC(=O)Cc1ccccc1. The predicted octanol–water partition coefficient (Wildman–Crippen LogP) is 0.755. The fourth-order valence-corrected chi connectivity index (χ4v) is 2.74. The highest BCUT2D eigenvalue weighted by atomic mass is 32.2. The summed E-state index contributed by atoms with van der Waals surface area (Å²) in [6.45, 7) is 1.73. The molecular weight excluding hydrogens is 318 g/mol. The van der Waals surface area contributed by atoms with E-state index in [-0.39, 0.29) is 37.1 Å². The first-order valence-electron chi connectivity index (χ1n) is 7.09. The number of carbonyl (C=O) groups excluding carboxylic acids is 3. The number of ether oxygens (including phenoxy) is 1. The van der Waals surface area contributed by atoms with Gasteiger partial charge in [0.05, 0.1) is 18.8 Å². The Balaban J connectivity index is 1.93. The van der Waals surface area contributed by atoms with E-state index in [1.807, 2.05) is 30.3 Å². The lowest BCUT2D eigenvalue weighted by molar-refractivity contribution is -0.145. The smallest absolute Gasteiger partial charge is 0.326 e. The molecule has 1 heterocycles. The minimum absolute atomic E-state index is 0.187. The van der Waals surface area contributed by atoms with Gasteiger partial charge in [0, 0.05) is 0 Å².